The molecule has 0 aliphatic carbocycles. The Labute approximate surface area is 152 Å². The molecule has 2 N–H and O–H groups in total. The molecular formula is C18H15N3O6. The third-order valence-corrected chi connectivity index (χ3v) is 4.51. The van der Waals surface area contributed by atoms with Gasteiger partial charge in [-0.1, -0.05) is 11.2 Å². The highest BCUT2D eigenvalue weighted by molar-refractivity contribution is 5.88. The lowest BCUT2D eigenvalue weighted by Gasteiger charge is -2.16. The van der Waals surface area contributed by atoms with E-state index in [0.29, 0.717) is 29.5 Å². The fourth-order valence-electron chi connectivity index (χ4n) is 2.97. The Morgan fingerprint density at radius 1 is 1.22 bits per heavy atom. The summed E-state index contributed by atoms with van der Waals surface area (Å²) in [5.41, 5.74) is -1.16. The lowest BCUT2D eigenvalue weighted by molar-refractivity contribution is -0.144. The van der Waals surface area contributed by atoms with E-state index in [-0.39, 0.29) is 17.9 Å². The smallest absolute Gasteiger partial charge is 0.354 e. The number of carboxylic acid groups (broad SMARTS) is 1. The largest absolute Gasteiger partial charge is 0.477 e. The molecule has 1 unspecified atom stereocenters. The molecule has 1 atom stereocenters. The van der Waals surface area contributed by atoms with Crippen molar-refractivity contribution in [2.45, 2.75) is 12.0 Å². The highest BCUT2D eigenvalue weighted by atomic mass is 16.5. The molecule has 27 heavy (non-hydrogen) atoms. The Bertz CT molecular complexity index is 1040. The number of aromatic carboxylic acids is 1. The van der Waals surface area contributed by atoms with E-state index in [1.165, 1.54) is 17.0 Å². The minimum atomic E-state index is -1.73. The average Bonchev–Trinajstić information content (AvgIpc) is 3.39. The second-order valence-electron chi connectivity index (χ2n) is 6.29. The van der Waals surface area contributed by atoms with Crippen molar-refractivity contribution in [2.75, 3.05) is 13.6 Å². The quantitative estimate of drug-likeness (QED) is 0.711. The first kappa shape index (κ1) is 17.0. The van der Waals surface area contributed by atoms with E-state index >= 15 is 0 Å². The number of likely N-dealkylation sites (tertiary alicyclic amines) is 1. The summed E-state index contributed by atoms with van der Waals surface area (Å²) in [5, 5.41) is 23.5. The van der Waals surface area contributed by atoms with Crippen LogP contribution >= 0.6 is 0 Å². The van der Waals surface area contributed by atoms with Gasteiger partial charge < -0.3 is 24.1 Å². The van der Waals surface area contributed by atoms with Gasteiger partial charge in [0.15, 0.2) is 17.3 Å². The maximum Gasteiger partial charge on any atom is 0.354 e. The lowest BCUT2D eigenvalue weighted by atomic mass is 9.99. The molecular weight excluding hydrogens is 354 g/mol. The van der Waals surface area contributed by atoms with Crippen molar-refractivity contribution in [2.24, 2.45) is 0 Å². The van der Waals surface area contributed by atoms with Crippen LogP contribution in [0.3, 0.4) is 0 Å². The van der Waals surface area contributed by atoms with E-state index in [1.807, 2.05) is 0 Å². The third kappa shape index (κ3) is 2.77. The van der Waals surface area contributed by atoms with E-state index in [9.17, 15) is 14.7 Å². The molecule has 9 nitrogen and oxygen atoms in total. The van der Waals surface area contributed by atoms with Gasteiger partial charge in [-0.25, -0.2) is 9.78 Å². The van der Waals surface area contributed by atoms with Crippen LogP contribution in [0.1, 0.15) is 22.7 Å². The van der Waals surface area contributed by atoms with Crippen molar-refractivity contribution in [3.8, 4) is 22.9 Å². The van der Waals surface area contributed by atoms with E-state index in [1.54, 1.807) is 31.3 Å². The summed E-state index contributed by atoms with van der Waals surface area (Å²) >= 11 is 0. The summed E-state index contributed by atoms with van der Waals surface area (Å²) in [5.74, 6) is -0.835. The normalized spacial score (nSPS) is 19.6. The van der Waals surface area contributed by atoms with Gasteiger partial charge in [0.2, 0.25) is 5.60 Å². The summed E-state index contributed by atoms with van der Waals surface area (Å²) in [4.78, 5) is 28.7. The number of amides is 1. The molecule has 4 heterocycles. The molecule has 4 rings (SSSR count). The number of hydrogen-bond acceptors (Lipinski definition) is 7. The Hall–Kier alpha value is -3.46. The predicted molar refractivity (Wildman–Crippen MR) is 90.5 cm³/mol. The molecule has 3 aromatic heterocycles. The van der Waals surface area contributed by atoms with Crippen LogP contribution in [0.4, 0.5) is 0 Å². The molecule has 0 saturated carbocycles. The number of carboxylic acids is 1. The number of nitrogens with zero attached hydrogens (tertiary/aromatic N) is 3. The second-order valence-corrected chi connectivity index (χ2v) is 6.29. The molecule has 1 fully saturated rings. The van der Waals surface area contributed by atoms with Crippen LogP contribution in [-0.2, 0) is 10.4 Å². The minimum absolute atomic E-state index is 0.0517. The standard InChI is InChI=1S/C18H15N3O6/c1-21-8-7-18(25,17(21)24)15-9-12(20-27-15)14-6-5-13(26-14)10-3-2-4-11(19-10)16(22)23/h2-6,9,25H,7-8H2,1H3,(H,22,23). The fourth-order valence-corrected chi connectivity index (χ4v) is 2.97. The highest BCUT2D eigenvalue weighted by Gasteiger charge is 2.48. The molecule has 1 amide bonds. The first-order valence-electron chi connectivity index (χ1n) is 8.14. The fraction of sp³-hybridized carbons (Fsp3) is 0.222. The molecule has 3 aromatic rings. The maximum atomic E-state index is 12.2. The number of aromatic nitrogens is 2. The number of furan rings is 1. The van der Waals surface area contributed by atoms with Crippen molar-refractivity contribution in [1.82, 2.24) is 15.0 Å². The van der Waals surface area contributed by atoms with Gasteiger partial charge in [0.1, 0.15) is 17.1 Å². The van der Waals surface area contributed by atoms with Crippen LogP contribution in [0.5, 0.6) is 0 Å². The summed E-state index contributed by atoms with van der Waals surface area (Å²) < 4.78 is 10.9. The number of hydrogen-bond donors (Lipinski definition) is 2. The molecule has 9 heteroatoms. The number of pyridine rings is 1. The summed E-state index contributed by atoms with van der Waals surface area (Å²) in [6.45, 7) is 0.419. The Kier molecular flexibility index (Phi) is 3.81. The predicted octanol–water partition coefficient (Wildman–Crippen LogP) is 1.74. The SMILES string of the molecule is CN1CCC(O)(c2cc(-c3ccc(-c4cccc(C(=O)O)n4)o3)no2)C1=O. The van der Waals surface area contributed by atoms with Crippen LogP contribution in [-0.4, -0.2) is 50.7 Å². The molecule has 0 spiro atoms. The van der Waals surface area contributed by atoms with Gasteiger partial charge >= 0.3 is 5.97 Å². The van der Waals surface area contributed by atoms with E-state index in [4.69, 9.17) is 14.0 Å². The summed E-state index contributed by atoms with van der Waals surface area (Å²) in [7, 11) is 1.61. The van der Waals surface area contributed by atoms with Crippen molar-refractivity contribution < 1.29 is 28.7 Å². The van der Waals surface area contributed by atoms with E-state index < -0.39 is 17.5 Å². The van der Waals surface area contributed by atoms with Crippen LogP contribution in [0, 0.1) is 0 Å². The minimum Gasteiger partial charge on any atom is -0.477 e. The first-order chi connectivity index (χ1) is 12.9. The van der Waals surface area contributed by atoms with Crippen LogP contribution < -0.4 is 0 Å². The van der Waals surface area contributed by atoms with E-state index in [0.717, 1.165) is 0 Å². The maximum absolute atomic E-state index is 12.2. The zero-order valence-electron chi connectivity index (χ0n) is 14.2. The van der Waals surface area contributed by atoms with Crippen molar-refractivity contribution >= 4 is 11.9 Å². The molecule has 138 valence electrons. The highest BCUT2D eigenvalue weighted by Crippen LogP contribution is 2.35. The summed E-state index contributed by atoms with van der Waals surface area (Å²) in [6, 6.07) is 9.29. The number of likely N-dealkylation sites (N-methyl/N-ethyl adjacent to an activating group) is 1. The van der Waals surface area contributed by atoms with Gasteiger partial charge in [-0.05, 0) is 24.3 Å². The molecule has 1 aliphatic heterocycles. The summed E-state index contributed by atoms with van der Waals surface area (Å²) in [6.07, 6.45) is 0.215. The van der Waals surface area contributed by atoms with Crippen LogP contribution in [0.2, 0.25) is 0 Å². The van der Waals surface area contributed by atoms with Gasteiger partial charge in [-0.3, -0.25) is 4.79 Å². The molecule has 0 bridgehead atoms. The molecule has 0 aromatic carbocycles. The monoisotopic (exact) mass is 369 g/mol. The van der Waals surface area contributed by atoms with Crippen LogP contribution in [0.15, 0.2) is 45.3 Å². The Balaban J connectivity index is 1.63. The van der Waals surface area contributed by atoms with Crippen molar-refractivity contribution in [1.29, 1.82) is 0 Å². The molecule has 1 saturated heterocycles. The number of rotatable bonds is 4. The van der Waals surface area contributed by atoms with Gasteiger partial charge in [-0.15, -0.1) is 0 Å². The number of carbonyl (C=O) groups excluding carboxylic acids is 1. The van der Waals surface area contributed by atoms with Gasteiger partial charge in [0.05, 0.1) is 0 Å². The van der Waals surface area contributed by atoms with Crippen molar-refractivity contribution in [3.05, 3.63) is 47.9 Å². The Morgan fingerprint density at radius 2 is 1.96 bits per heavy atom. The Morgan fingerprint density at radius 3 is 2.63 bits per heavy atom. The third-order valence-electron chi connectivity index (χ3n) is 4.51. The lowest BCUT2D eigenvalue weighted by Crippen LogP contribution is -2.35. The second kappa shape index (κ2) is 6.06. The van der Waals surface area contributed by atoms with E-state index in [2.05, 4.69) is 10.1 Å². The van der Waals surface area contributed by atoms with Crippen molar-refractivity contribution in [3.63, 3.8) is 0 Å². The zero-order chi connectivity index (χ0) is 19.2. The molecule has 0 radical (unpaired) electrons. The average molecular weight is 369 g/mol. The molecule has 1 aliphatic rings. The van der Waals surface area contributed by atoms with Gasteiger partial charge in [-0.2, -0.15) is 0 Å². The topological polar surface area (TPSA) is 130 Å². The van der Waals surface area contributed by atoms with Gasteiger partial charge in [0.25, 0.3) is 5.91 Å². The van der Waals surface area contributed by atoms with Gasteiger partial charge in [0, 0.05) is 26.1 Å². The van der Waals surface area contributed by atoms with Crippen LogP contribution in [0.25, 0.3) is 22.9 Å². The zero-order valence-corrected chi connectivity index (χ0v) is 14.2. The number of aliphatic hydroxyl groups is 1. The number of carbonyl (C=O) groups is 2. The first-order valence-corrected chi connectivity index (χ1v) is 8.14.